The highest BCUT2D eigenvalue weighted by atomic mass is 35.5. The summed E-state index contributed by atoms with van der Waals surface area (Å²) in [5.74, 6) is 0. The molecule has 1 radical (unpaired) electrons. The number of rotatable bonds is 1. The van der Waals surface area contributed by atoms with E-state index in [-0.39, 0.29) is 10.9 Å². The van der Waals surface area contributed by atoms with Gasteiger partial charge in [-0.15, -0.1) is 23.2 Å². The first-order valence-corrected chi connectivity index (χ1v) is 5.61. The van der Waals surface area contributed by atoms with Gasteiger partial charge in [-0.05, 0) is 26.9 Å². The molecule has 0 spiro atoms. The fourth-order valence-electron chi connectivity index (χ4n) is 1.67. The van der Waals surface area contributed by atoms with E-state index in [9.17, 15) is 0 Å². The van der Waals surface area contributed by atoms with E-state index in [0.29, 0.717) is 6.04 Å². The van der Waals surface area contributed by atoms with Crippen LogP contribution in [0.5, 0.6) is 0 Å². The van der Waals surface area contributed by atoms with Gasteiger partial charge >= 0.3 is 0 Å². The average molecular weight is 224 g/mol. The van der Waals surface area contributed by atoms with Crippen molar-refractivity contribution in [2.24, 2.45) is 0 Å². The molecule has 0 aromatic heterocycles. The third-order valence-corrected chi connectivity index (χ3v) is 3.57. The van der Waals surface area contributed by atoms with Crippen LogP contribution in [0.1, 0.15) is 19.3 Å². The van der Waals surface area contributed by atoms with Gasteiger partial charge in [0.15, 0.2) is 0 Å². The third kappa shape index (κ3) is 3.28. The average Bonchev–Trinajstić information content (AvgIpc) is 2.06. The van der Waals surface area contributed by atoms with E-state index in [2.05, 4.69) is 10.2 Å². The van der Waals surface area contributed by atoms with Crippen LogP contribution in [0, 0.1) is 0 Å². The molecule has 0 bridgehead atoms. The van der Waals surface area contributed by atoms with Crippen LogP contribution < -0.4 is 5.32 Å². The van der Waals surface area contributed by atoms with Crippen molar-refractivity contribution < 1.29 is 0 Å². The molecule has 1 saturated heterocycles. The number of nitrogens with zero attached hydrogens (tertiary/aromatic N) is 2. The first-order valence-electron chi connectivity index (χ1n) is 4.74. The molecule has 0 aromatic rings. The molecule has 0 amide bonds. The first kappa shape index (κ1) is 11.6. The van der Waals surface area contributed by atoms with E-state index in [1.807, 2.05) is 14.1 Å². The minimum Gasteiger partial charge on any atom is -0.305 e. The molecule has 1 aliphatic rings. The van der Waals surface area contributed by atoms with Crippen LogP contribution in [0.2, 0.25) is 0 Å². The lowest BCUT2D eigenvalue weighted by Crippen LogP contribution is -2.45. The SMILES string of the molecule is CN(C)C1CCCC[N]C(Cl)C1Cl. The smallest absolute Gasteiger partial charge is 0.116 e. The molecule has 4 heteroatoms. The van der Waals surface area contributed by atoms with Crippen molar-refractivity contribution >= 4 is 23.2 Å². The molecule has 1 aliphatic heterocycles. The highest BCUT2D eigenvalue weighted by Crippen LogP contribution is 2.22. The molecule has 0 N–H and O–H groups in total. The van der Waals surface area contributed by atoms with Crippen LogP contribution in [0.4, 0.5) is 0 Å². The molecule has 3 atom stereocenters. The van der Waals surface area contributed by atoms with Gasteiger partial charge < -0.3 is 4.90 Å². The minimum absolute atomic E-state index is 0.0584. The van der Waals surface area contributed by atoms with Gasteiger partial charge in [0.05, 0.1) is 5.38 Å². The zero-order valence-corrected chi connectivity index (χ0v) is 9.72. The summed E-state index contributed by atoms with van der Waals surface area (Å²) in [7, 11) is 4.09. The predicted octanol–water partition coefficient (Wildman–Crippen LogP) is 1.88. The number of alkyl halides is 2. The number of hydrogen-bond acceptors (Lipinski definition) is 1. The second-order valence-electron chi connectivity index (χ2n) is 3.75. The van der Waals surface area contributed by atoms with Crippen molar-refractivity contribution in [3.63, 3.8) is 0 Å². The Balaban J connectivity index is 2.56. The van der Waals surface area contributed by atoms with Crippen molar-refractivity contribution in [1.82, 2.24) is 10.2 Å². The van der Waals surface area contributed by atoms with Crippen LogP contribution in [0.25, 0.3) is 0 Å². The number of halogens is 2. The summed E-state index contributed by atoms with van der Waals surface area (Å²) < 4.78 is 0. The third-order valence-electron chi connectivity index (χ3n) is 2.51. The van der Waals surface area contributed by atoms with Gasteiger partial charge in [-0.1, -0.05) is 6.42 Å². The molecule has 13 heavy (non-hydrogen) atoms. The molecule has 1 heterocycles. The lowest BCUT2D eigenvalue weighted by Gasteiger charge is -2.32. The molecular formula is C9H17Cl2N2. The van der Waals surface area contributed by atoms with Crippen molar-refractivity contribution in [2.75, 3.05) is 20.6 Å². The van der Waals surface area contributed by atoms with Gasteiger partial charge in [0.2, 0.25) is 0 Å². The fourth-order valence-corrected chi connectivity index (χ4v) is 2.36. The maximum atomic E-state index is 6.24. The summed E-state index contributed by atoms with van der Waals surface area (Å²) >= 11 is 12.3. The van der Waals surface area contributed by atoms with Crippen molar-refractivity contribution in [1.29, 1.82) is 0 Å². The van der Waals surface area contributed by atoms with Crippen LogP contribution in [0.3, 0.4) is 0 Å². The summed E-state index contributed by atoms with van der Waals surface area (Å²) in [5, 5.41) is 4.25. The molecule has 1 rings (SSSR count). The van der Waals surface area contributed by atoms with Crippen LogP contribution >= 0.6 is 23.2 Å². The Bertz CT molecular complexity index is 153. The molecule has 0 aromatic carbocycles. The first-order chi connectivity index (χ1) is 6.13. The Labute approximate surface area is 90.6 Å². The van der Waals surface area contributed by atoms with Gasteiger partial charge in [0.1, 0.15) is 5.50 Å². The summed E-state index contributed by atoms with van der Waals surface area (Å²) in [5.41, 5.74) is -0.227. The van der Waals surface area contributed by atoms with Crippen LogP contribution in [-0.2, 0) is 0 Å². The molecule has 0 aliphatic carbocycles. The van der Waals surface area contributed by atoms with Crippen molar-refractivity contribution in [2.45, 2.75) is 36.2 Å². The summed E-state index contributed by atoms with van der Waals surface area (Å²) in [6.45, 7) is 0.859. The second kappa shape index (κ2) is 5.40. The number of hydrogen-bond donors (Lipinski definition) is 0. The molecule has 2 nitrogen and oxygen atoms in total. The van der Waals surface area contributed by atoms with E-state index in [4.69, 9.17) is 23.2 Å². The highest BCUT2D eigenvalue weighted by Gasteiger charge is 2.29. The molecule has 3 unspecified atom stereocenters. The highest BCUT2D eigenvalue weighted by molar-refractivity contribution is 6.30. The summed E-state index contributed by atoms with van der Waals surface area (Å²) in [6.07, 6.45) is 3.45. The monoisotopic (exact) mass is 223 g/mol. The van der Waals surface area contributed by atoms with E-state index in [1.54, 1.807) is 0 Å². The van der Waals surface area contributed by atoms with Gasteiger partial charge in [-0.2, -0.15) is 0 Å². The largest absolute Gasteiger partial charge is 0.305 e. The lowest BCUT2D eigenvalue weighted by molar-refractivity contribution is 0.244. The standard InChI is InChI=1S/C9H17Cl2N2/c1-13(2)7-5-3-4-6-12-9(11)8(7)10/h7-9H,3-6H2,1-2H3. The zero-order valence-electron chi connectivity index (χ0n) is 8.21. The summed E-state index contributed by atoms with van der Waals surface area (Å²) in [4.78, 5) is 2.15. The maximum absolute atomic E-state index is 6.24. The molecule has 1 fully saturated rings. The topological polar surface area (TPSA) is 17.3 Å². The van der Waals surface area contributed by atoms with Crippen LogP contribution in [0.15, 0.2) is 0 Å². The zero-order chi connectivity index (χ0) is 9.84. The molecule has 0 saturated carbocycles. The molecule has 77 valence electrons. The van der Waals surface area contributed by atoms with Crippen LogP contribution in [-0.4, -0.2) is 42.5 Å². The molecular weight excluding hydrogens is 207 g/mol. The lowest BCUT2D eigenvalue weighted by atomic mass is 10.0. The summed E-state index contributed by atoms with van der Waals surface area (Å²) in [6, 6.07) is 0.355. The minimum atomic E-state index is -0.227. The Morgan fingerprint density at radius 1 is 1.23 bits per heavy atom. The Morgan fingerprint density at radius 3 is 2.54 bits per heavy atom. The second-order valence-corrected chi connectivity index (χ2v) is 4.70. The van der Waals surface area contributed by atoms with E-state index in [0.717, 1.165) is 19.4 Å². The maximum Gasteiger partial charge on any atom is 0.116 e. The normalized spacial score (nSPS) is 37.2. The van der Waals surface area contributed by atoms with E-state index >= 15 is 0 Å². The van der Waals surface area contributed by atoms with E-state index in [1.165, 1.54) is 6.42 Å². The Morgan fingerprint density at radius 2 is 1.92 bits per heavy atom. The van der Waals surface area contributed by atoms with Crippen molar-refractivity contribution in [3.8, 4) is 0 Å². The Hall–Kier alpha value is 0.500. The Kier molecular flexibility index (Phi) is 4.81. The van der Waals surface area contributed by atoms with Crippen molar-refractivity contribution in [3.05, 3.63) is 0 Å². The predicted molar refractivity (Wildman–Crippen MR) is 57.6 cm³/mol. The quantitative estimate of drug-likeness (QED) is 0.491. The van der Waals surface area contributed by atoms with Gasteiger partial charge in [0.25, 0.3) is 0 Å². The van der Waals surface area contributed by atoms with Gasteiger partial charge in [0, 0.05) is 12.6 Å². The van der Waals surface area contributed by atoms with E-state index < -0.39 is 0 Å². The fraction of sp³-hybridized carbons (Fsp3) is 1.00. The van der Waals surface area contributed by atoms with Gasteiger partial charge in [-0.25, -0.2) is 5.32 Å². The van der Waals surface area contributed by atoms with Gasteiger partial charge in [-0.3, -0.25) is 0 Å².